The molecular formula is C14H15NO3. The lowest BCUT2D eigenvalue weighted by molar-refractivity contribution is -0.131. The van der Waals surface area contributed by atoms with Gasteiger partial charge in [-0.15, -0.1) is 0 Å². The molecule has 1 aromatic carbocycles. The lowest BCUT2D eigenvalue weighted by Crippen LogP contribution is -2.24. The minimum atomic E-state index is -0.950. The van der Waals surface area contributed by atoms with Crippen molar-refractivity contribution in [1.29, 1.82) is 0 Å². The Kier molecular flexibility index (Phi) is 3.77. The van der Waals surface area contributed by atoms with Crippen molar-refractivity contribution in [2.45, 2.75) is 12.8 Å². The Morgan fingerprint density at radius 2 is 2.17 bits per heavy atom. The van der Waals surface area contributed by atoms with Crippen LogP contribution in [-0.4, -0.2) is 29.9 Å². The molecule has 0 saturated carbocycles. The summed E-state index contributed by atoms with van der Waals surface area (Å²) >= 11 is 0. The summed E-state index contributed by atoms with van der Waals surface area (Å²) in [5, 5.41) is 8.58. The molecule has 0 saturated heterocycles. The fourth-order valence-electron chi connectivity index (χ4n) is 2.14. The number of hydrogen-bond donors (Lipinski definition) is 1. The Bertz CT molecular complexity index is 494. The lowest BCUT2D eigenvalue weighted by Gasteiger charge is -2.22. The number of anilines is 1. The average Bonchev–Trinajstić information content (AvgIpc) is 2.50. The van der Waals surface area contributed by atoms with Crippen molar-refractivity contribution < 1.29 is 14.7 Å². The Morgan fingerprint density at radius 1 is 1.39 bits per heavy atom. The van der Waals surface area contributed by atoms with Gasteiger partial charge < -0.3 is 10.0 Å². The summed E-state index contributed by atoms with van der Waals surface area (Å²) < 4.78 is 0. The maximum absolute atomic E-state index is 11.9. The lowest BCUT2D eigenvalue weighted by atomic mass is 10.1. The summed E-state index contributed by atoms with van der Waals surface area (Å²) in [6.45, 7) is 1.28. The molecule has 1 N–H and O–H groups in total. The summed E-state index contributed by atoms with van der Waals surface area (Å²) in [6, 6.07) is 7.49. The van der Waals surface area contributed by atoms with Crippen LogP contribution in [-0.2, 0) is 4.79 Å². The number of nitrogens with zero attached hydrogens (tertiary/aromatic N) is 1. The minimum absolute atomic E-state index is 0.162. The standard InChI is InChI=1S/C14H15NO3/c16-13-7-3-9-15(10-4-8-14(17)18)12-6-2-1-5-11(12)13/h1-2,4-6,8H,3,7,9-10H2,(H,17,18)/b8-4+. The van der Waals surface area contributed by atoms with Gasteiger partial charge in [0.05, 0.1) is 0 Å². The molecule has 0 unspecified atom stereocenters. The van der Waals surface area contributed by atoms with Crippen LogP contribution in [0.3, 0.4) is 0 Å². The number of Topliss-reactive ketones (excluding diaryl/α,β-unsaturated/α-hetero) is 1. The van der Waals surface area contributed by atoms with Crippen molar-refractivity contribution in [1.82, 2.24) is 0 Å². The van der Waals surface area contributed by atoms with Crippen molar-refractivity contribution in [3.63, 3.8) is 0 Å². The molecule has 1 aromatic rings. The minimum Gasteiger partial charge on any atom is -0.478 e. The highest BCUT2D eigenvalue weighted by molar-refractivity contribution is 6.02. The maximum atomic E-state index is 11.9. The molecule has 0 bridgehead atoms. The Hall–Kier alpha value is -2.10. The predicted octanol–water partition coefficient (Wildman–Crippen LogP) is 2.11. The first kappa shape index (κ1) is 12.4. The fourth-order valence-corrected chi connectivity index (χ4v) is 2.14. The van der Waals surface area contributed by atoms with Crippen LogP contribution >= 0.6 is 0 Å². The van der Waals surface area contributed by atoms with Crippen LogP contribution < -0.4 is 4.90 Å². The second-order valence-corrected chi connectivity index (χ2v) is 4.23. The quantitative estimate of drug-likeness (QED) is 0.829. The summed E-state index contributed by atoms with van der Waals surface area (Å²) in [5.74, 6) is -0.788. The van der Waals surface area contributed by atoms with Gasteiger partial charge in [-0.25, -0.2) is 4.79 Å². The van der Waals surface area contributed by atoms with Gasteiger partial charge in [0.1, 0.15) is 0 Å². The first-order valence-corrected chi connectivity index (χ1v) is 5.95. The van der Waals surface area contributed by atoms with Crippen LogP contribution in [0.2, 0.25) is 0 Å². The van der Waals surface area contributed by atoms with Gasteiger partial charge >= 0.3 is 5.97 Å². The van der Waals surface area contributed by atoms with Crippen LogP contribution in [0.15, 0.2) is 36.4 Å². The molecule has 0 atom stereocenters. The molecule has 0 aromatic heterocycles. The summed E-state index contributed by atoms with van der Waals surface area (Å²) in [5.41, 5.74) is 1.63. The zero-order chi connectivity index (χ0) is 13.0. The molecule has 1 heterocycles. The molecule has 4 heteroatoms. The van der Waals surface area contributed by atoms with Crippen LogP contribution in [0.5, 0.6) is 0 Å². The van der Waals surface area contributed by atoms with E-state index in [0.29, 0.717) is 13.0 Å². The first-order valence-electron chi connectivity index (χ1n) is 5.95. The molecule has 0 spiro atoms. The Morgan fingerprint density at radius 3 is 2.94 bits per heavy atom. The average molecular weight is 245 g/mol. The Labute approximate surface area is 106 Å². The fraction of sp³-hybridized carbons (Fsp3) is 0.286. The van der Waals surface area contributed by atoms with Crippen molar-refractivity contribution in [2.75, 3.05) is 18.0 Å². The number of rotatable bonds is 3. The van der Waals surface area contributed by atoms with Crippen LogP contribution in [0.4, 0.5) is 5.69 Å². The third-order valence-electron chi connectivity index (χ3n) is 2.96. The van der Waals surface area contributed by atoms with Crippen LogP contribution in [0.25, 0.3) is 0 Å². The third kappa shape index (κ3) is 2.77. The van der Waals surface area contributed by atoms with E-state index >= 15 is 0 Å². The van der Waals surface area contributed by atoms with Crippen LogP contribution in [0.1, 0.15) is 23.2 Å². The maximum Gasteiger partial charge on any atom is 0.328 e. The van der Waals surface area contributed by atoms with E-state index in [-0.39, 0.29) is 5.78 Å². The summed E-state index contributed by atoms with van der Waals surface area (Å²) in [4.78, 5) is 24.4. The zero-order valence-corrected chi connectivity index (χ0v) is 10.0. The molecule has 4 nitrogen and oxygen atoms in total. The molecule has 1 aliphatic rings. The highest BCUT2D eigenvalue weighted by Crippen LogP contribution is 2.25. The van der Waals surface area contributed by atoms with Crippen LogP contribution in [0, 0.1) is 0 Å². The number of benzene rings is 1. The largest absolute Gasteiger partial charge is 0.478 e. The molecule has 0 amide bonds. The van der Waals surface area contributed by atoms with E-state index < -0.39 is 5.97 Å². The SMILES string of the molecule is O=C(O)/C=C/CN1CCCC(=O)c2ccccc21. The Balaban J connectivity index is 2.23. The smallest absolute Gasteiger partial charge is 0.328 e. The van der Waals surface area contributed by atoms with Crippen molar-refractivity contribution >= 4 is 17.4 Å². The van der Waals surface area contributed by atoms with Gasteiger partial charge in [0.15, 0.2) is 5.78 Å². The first-order chi connectivity index (χ1) is 8.68. The number of ketones is 1. The van der Waals surface area contributed by atoms with Gasteiger partial charge in [-0.1, -0.05) is 18.2 Å². The number of carbonyl (C=O) groups excluding carboxylic acids is 1. The number of carboxylic acid groups (broad SMARTS) is 1. The molecule has 1 aliphatic heterocycles. The number of carbonyl (C=O) groups is 2. The zero-order valence-electron chi connectivity index (χ0n) is 10.0. The van der Waals surface area contributed by atoms with E-state index in [1.54, 1.807) is 6.08 Å². The van der Waals surface area contributed by atoms with E-state index in [1.165, 1.54) is 0 Å². The molecule has 0 radical (unpaired) electrons. The van der Waals surface area contributed by atoms with Gasteiger partial charge in [-0.3, -0.25) is 4.79 Å². The molecule has 94 valence electrons. The number of aliphatic carboxylic acids is 1. The van der Waals surface area contributed by atoms with Crippen molar-refractivity contribution in [2.24, 2.45) is 0 Å². The van der Waals surface area contributed by atoms with Crippen molar-refractivity contribution in [3.8, 4) is 0 Å². The molecule has 0 aliphatic carbocycles. The second-order valence-electron chi connectivity index (χ2n) is 4.23. The van der Waals surface area contributed by atoms with E-state index in [4.69, 9.17) is 5.11 Å². The number of hydrogen-bond acceptors (Lipinski definition) is 3. The molecule has 2 rings (SSSR count). The second kappa shape index (κ2) is 5.49. The summed E-state index contributed by atoms with van der Waals surface area (Å²) in [7, 11) is 0. The van der Waals surface area contributed by atoms with E-state index in [2.05, 4.69) is 0 Å². The van der Waals surface area contributed by atoms with Gasteiger partial charge in [-0.2, -0.15) is 0 Å². The number of para-hydroxylation sites is 1. The van der Waals surface area contributed by atoms with E-state index in [0.717, 1.165) is 30.3 Å². The highest BCUT2D eigenvalue weighted by atomic mass is 16.4. The monoisotopic (exact) mass is 245 g/mol. The van der Waals surface area contributed by atoms with Gasteiger partial charge in [-0.05, 0) is 18.6 Å². The van der Waals surface area contributed by atoms with E-state index in [9.17, 15) is 9.59 Å². The van der Waals surface area contributed by atoms with Gasteiger partial charge in [0, 0.05) is 36.8 Å². The number of carboxylic acids is 1. The molecule has 18 heavy (non-hydrogen) atoms. The predicted molar refractivity (Wildman–Crippen MR) is 69.0 cm³/mol. The number of fused-ring (bicyclic) bond motifs is 1. The van der Waals surface area contributed by atoms with E-state index in [1.807, 2.05) is 29.2 Å². The summed E-state index contributed by atoms with van der Waals surface area (Å²) in [6.07, 6.45) is 4.09. The molecule has 0 fully saturated rings. The van der Waals surface area contributed by atoms with Crippen molar-refractivity contribution in [3.05, 3.63) is 42.0 Å². The normalized spacial score (nSPS) is 15.6. The third-order valence-corrected chi connectivity index (χ3v) is 2.96. The topological polar surface area (TPSA) is 57.6 Å². The van der Waals surface area contributed by atoms with Gasteiger partial charge in [0.25, 0.3) is 0 Å². The highest BCUT2D eigenvalue weighted by Gasteiger charge is 2.19. The molecular weight excluding hydrogens is 230 g/mol. The van der Waals surface area contributed by atoms with Gasteiger partial charge in [0.2, 0.25) is 0 Å².